The van der Waals surface area contributed by atoms with Gasteiger partial charge in [-0.2, -0.15) is 5.26 Å². The van der Waals surface area contributed by atoms with Gasteiger partial charge in [0.25, 0.3) is 0 Å². The van der Waals surface area contributed by atoms with Crippen molar-refractivity contribution in [1.29, 1.82) is 5.26 Å². The molecule has 0 atom stereocenters. The number of ether oxygens (including phenoxy) is 1. The Morgan fingerprint density at radius 3 is 2.82 bits per heavy atom. The molecular weight excluding hydrogens is 216 g/mol. The van der Waals surface area contributed by atoms with E-state index in [4.69, 9.17) is 11.0 Å². The van der Waals surface area contributed by atoms with Crippen LogP contribution in [0.1, 0.15) is 23.1 Å². The van der Waals surface area contributed by atoms with Crippen molar-refractivity contribution in [2.24, 2.45) is 5.73 Å². The van der Waals surface area contributed by atoms with Crippen LogP contribution in [0.25, 0.3) is 0 Å². The lowest BCUT2D eigenvalue weighted by Crippen LogP contribution is -2.14. The molecular formula is C13H16N2O2. The number of nitriles is 1. The average molecular weight is 232 g/mol. The summed E-state index contributed by atoms with van der Waals surface area (Å²) < 4.78 is 4.14. The van der Waals surface area contributed by atoms with E-state index in [-0.39, 0.29) is 12.5 Å². The Balaban J connectivity index is 0.000000209. The van der Waals surface area contributed by atoms with Gasteiger partial charge in [0, 0.05) is 0 Å². The molecule has 1 aromatic carbocycles. The van der Waals surface area contributed by atoms with Gasteiger partial charge in [0.15, 0.2) is 0 Å². The van der Waals surface area contributed by atoms with Crippen molar-refractivity contribution < 1.29 is 9.53 Å². The number of nitrogens with zero attached hydrogens (tertiary/aromatic N) is 1. The highest BCUT2D eigenvalue weighted by molar-refractivity contribution is 5.70. The van der Waals surface area contributed by atoms with Crippen molar-refractivity contribution in [2.45, 2.75) is 19.3 Å². The number of methoxy groups -OCH3 is 1. The molecule has 0 spiro atoms. The van der Waals surface area contributed by atoms with E-state index in [1.165, 1.54) is 24.7 Å². The van der Waals surface area contributed by atoms with Crippen LogP contribution >= 0.6 is 0 Å². The molecule has 0 unspecified atom stereocenters. The van der Waals surface area contributed by atoms with Gasteiger partial charge < -0.3 is 10.5 Å². The van der Waals surface area contributed by atoms with E-state index in [0.29, 0.717) is 0 Å². The van der Waals surface area contributed by atoms with Crippen LogP contribution in [-0.2, 0) is 22.4 Å². The summed E-state index contributed by atoms with van der Waals surface area (Å²) in [4.78, 5) is 9.83. The zero-order chi connectivity index (χ0) is 12.7. The van der Waals surface area contributed by atoms with Crippen molar-refractivity contribution in [1.82, 2.24) is 0 Å². The Kier molecular flexibility index (Phi) is 5.18. The Hall–Kier alpha value is -1.86. The summed E-state index contributed by atoms with van der Waals surface area (Å²) in [6.45, 7) is -0.0312. The van der Waals surface area contributed by atoms with E-state index >= 15 is 0 Å². The lowest BCUT2D eigenvalue weighted by Gasteiger charge is -1.98. The molecule has 4 nitrogen and oxygen atoms in total. The Bertz CT molecular complexity index is 430. The minimum absolute atomic E-state index is 0.0312. The molecule has 0 heterocycles. The SMILES string of the molecule is COC(=O)CN.N#Cc1cccc2c1CCC2. The minimum atomic E-state index is -0.380. The van der Waals surface area contributed by atoms with Crippen molar-refractivity contribution in [3.63, 3.8) is 0 Å². The second-order valence-corrected chi connectivity index (χ2v) is 3.69. The fraction of sp³-hybridized carbons (Fsp3) is 0.385. The summed E-state index contributed by atoms with van der Waals surface area (Å²) in [6, 6.07) is 8.24. The Morgan fingerprint density at radius 2 is 2.29 bits per heavy atom. The van der Waals surface area contributed by atoms with Crippen LogP contribution in [0, 0.1) is 11.3 Å². The van der Waals surface area contributed by atoms with Crippen LogP contribution in [0.5, 0.6) is 0 Å². The first-order chi connectivity index (χ1) is 8.22. The van der Waals surface area contributed by atoms with Gasteiger partial charge in [-0.15, -0.1) is 0 Å². The van der Waals surface area contributed by atoms with Gasteiger partial charge in [-0.3, -0.25) is 4.79 Å². The molecule has 1 aliphatic carbocycles. The normalized spacial score (nSPS) is 11.8. The summed E-state index contributed by atoms with van der Waals surface area (Å²) in [5.74, 6) is -0.380. The maximum absolute atomic E-state index is 9.83. The average Bonchev–Trinajstić information content (AvgIpc) is 2.86. The van der Waals surface area contributed by atoms with E-state index in [0.717, 1.165) is 18.4 Å². The number of carbonyl (C=O) groups excluding carboxylic acids is 1. The van der Waals surface area contributed by atoms with Gasteiger partial charge in [0.1, 0.15) is 0 Å². The molecule has 0 aliphatic heterocycles. The van der Waals surface area contributed by atoms with Crippen LogP contribution in [0.15, 0.2) is 18.2 Å². The van der Waals surface area contributed by atoms with Crippen LogP contribution in [0.2, 0.25) is 0 Å². The molecule has 0 saturated heterocycles. The van der Waals surface area contributed by atoms with Crippen LogP contribution in [0.3, 0.4) is 0 Å². The summed E-state index contributed by atoms with van der Waals surface area (Å²) in [5.41, 5.74) is 8.35. The smallest absolute Gasteiger partial charge is 0.319 e. The third-order valence-electron chi connectivity index (χ3n) is 2.66. The topological polar surface area (TPSA) is 76.1 Å². The lowest BCUT2D eigenvalue weighted by molar-refractivity contribution is -0.138. The van der Waals surface area contributed by atoms with Crippen molar-refractivity contribution >= 4 is 5.97 Å². The number of hydrogen-bond donors (Lipinski definition) is 1. The molecule has 0 bridgehead atoms. The van der Waals surface area contributed by atoms with Crippen molar-refractivity contribution in [3.8, 4) is 6.07 Å². The number of nitrogens with two attached hydrogens (primary N) is 1. The van der Waals surface area contributed by atoms with Gasteiger partial charge in [0.2, 0.25) is 0 Å². The number of hydrogen-bond acceptors (Lipinski definition) is 4. The minimum Gasteiger partial charge on any atom is -0.468 e. The summed E-state index contributed by atoms with van der Waals surface area (Å²) >= 11 is 0. The van der Waals surface area contributed by atoms with Crippen LogP contribution < -0.4 is 5.73 Å². The molecule has 0 amide bonds. The molecule has 17 heavy (non-hydrogen) atoms. The fourth-order valence-electron chi connectivity index (χ4n) is 1.81. The summed E-state index contributed by atoms with van der Waals surface area (Å²) in [7, 11) is 1.30. The van der Waals surface area contributed by atoms with Gasteiger partial charge in [0.05, 0.1) is 25.3 Å². The predicted octanol–water partition coefficient (Wildman–Crippen LogP) is 1.17. The highest BCUT2D eigenvalue weighted by Crippen LogP contribution is 2.24. The van der Waals surface area contributed by atoms with E-state index in [1.807, 2.05) is 12.1 Å². The molecule has 2 N–H and O–H groups in total. The van der Waals surface area contributed by atoms with Crippen molar-refractivity contribution in [3.05, 3.63) is 34.9 Å². The van der Waals surface area contributed by atoms with E-state index < -0.39 is 0 Å². The zero-order valence-corrected chi connectivity index (χ0v) is 9.90. The van der Waals surface area contributed by atoms with E-state index in [2.05, 4.69) is 16.9 Å². The first-order valence-electron chi connectivity index (χ1n) is 5.50. The maximum Gasteiger partial charge on any atom is 0.319 e. The molecule has 0 saturated carbocycles. The Labute approximate surface area is 101 Å². The molecule has 1 aromatic rings. The highest BCUT2D eigenvalue weighted by Gasteiger charge is 2.13. The number of fused-ring (bicyclic) bond motifs is 1. The zero-order valence-electron chi connectivity index (χ0n) is 9.90. The van der Waals surface area contributed by atoms with Gasteiger partial charge in [-0.1, -0.05) is 12.1 Å². The fourth-order valence-corrected chi connectivity index (χ4v) is 1.81. The highest BCUT2D eigenvalue weighted by atomic mass is 16.5. The number of benzene rings is 1. The number of carbonyl (C=O) groups is 1. The maximum atomic E-state index is 9.83. The van der Waals surface area contributed by atoms with E-state index in [1.54, 1.807) is 0 Å². The Morgan fingerprint density at radius 1 is 1.53 bits per heavy atom. The van der Waals surface area contributed by atoms with Gasteiger partial charge in [-0.05, 0) is 36.5 Å². The first-order valence-corrected chi connectivity index (χ1v) is 5.50. The summed E-state index contributed by atoms with van der Waals surface area (Å²) in [6.07, 6.45) is 3.47. The van der Waals surface area contributed by atoms with Crippen LogP contribution in [0.4, 0.5) is 0 Å². The summed E-state index contributed by atoms with van der Waals surface area (Å²) in [5, 5.41) is 8.75. The largest absolute Gasteiger partial charge is 0.468 e. The van der Waals surface area contributed by atoms with Crippen molar-refractivity contribution in [2.75, 3.05) is 13.7 Å². The standard InChI is InChI=1S/C10H9N.C3H7NO2/c11-7-9-5-1-3-8-4-2-6-10(8)9;1-6-3(5)2-4/h1,3,5H,2,4,6H2;2,4H2,1H3. The molecule has 0 radical (unpaired) electrons. The predicted molar refractivity (Wildman–Crippen MR) is 64.3 cm³/mol. The monoisotopic (exact) mass is 232 g/mol. The number of esters is 1. The quantitative estimate of drug-likeness (QED) is 0.737. The second-order valence-electron chi connectivity index (χ2n) is 3.69. The molecule has 2 rings (SSSR count). The number of rotatable bonds is 1. The van der Waals surface area contributed by atoms with Gasteiger partial charge >= 0.3 is 5.97 Å². The third kappa shape index (κ3) is 3.58. The lowest BCUT2D eigenvalue weighted by atomic mass is 10.0. The second kappa shape index (κ2) is 6.66. The third-order valence-corrected chi connectivity index (χ3v) is 2.66. The molecule has 4 heteroatoms. The molecule has 0 fully saturated rings. The number of aryl methyl sites for hydroxylation is 1. The first kappa shape index (κ1) is 13.2. The molecule has 90 valence electrons. The molecule has 1 aliphatic rings. The molecule has 0 aromatic heterocycles. The van der Waals surface area contributed by atoms with Crippen LogP contribution in [-0.4, -0.2) is 19.6 Å². The van der Waals surface area contributed by atoms with E-state index in [9.17, 15) is 4.79 Å². The van der Waals surface area contributed by atoms with Gasteiger partial charge in [-0.25, -0.2) is 0 Å².